The second-order valence-corrected chi connectivity index (χ2v) is 4.87. The van der Waals surface area contributed by atoms with Crippen LogP contribution < -0.4 is 4.74 Å². The summed E-state index contributed by atoms with van der Waals surface area (Å²) >= 11 is 3.40. The van der Waals surface area contributed by atoms with E-state index in [2.05, 4.69) is 35.0 Å². The zero-order valence-corrected chi connectivity index (χ0v) is 11.8. The van der Waals surface area contributed by atoms with E-state index in [1.807, 2.05) is 30.3 Å². The van der Waals surface area contributed by atoms with Gasteiger partial charge in [-0.1, -0.05) is 41.1 Å². The molecule has 2 aromatic carbocycles. The summed E-state index contributed by atoms with van der Waals surface area (Å²) in [6, 6.07) is 13.6. The normalized spacial score (nSPS) is 10.4. The molecule has 3 heteroatoms. The van der Waals surface area contributed by atoms with Gasteiger partial charge in [-0.3, -0.25) is 0 Å². The SMILES string of the molecule is CCc1ccc(Oc2ccc(CO)c(Br)c2)cc1. The van der Waals surface area contributed by atoms with E-state index in [9.17, 15) is 0 Å². The minimum absolute atomic E-state index is 0.0199. The van der Waals surface area contributed by atoms with Gasteiger partial charge in [0.15, 0.2) is 0 Å². The largest absolute Gasteiger partial charge is 0.457 e. The molecule has 18 heavy (non-hydrogen) atoms. The second-order valence-electron chi connectivity index (χ2n) is 4.01. The third kappa shape index (κ3) is 3.12. The summed E-state index contributed by atoms with van der Waals surface area (Å²) in [5.41, 5.74) is 2.14. The Labute approximate surface area is 115 Å². The van der Waals surface area contributed by atoms with Crippen molar-refractivity contribution in [2.24, 2.45) is 0 Å². The predicted octanol–water partition coefficient (Wildman–Crippen LogP) is 4.30. The summed E-state index contributed by atoms with van der Waals surface area (Å²) in [5, 5.41) is 9.09. The van der Waals surface area contributed by atoms with Crippen LogP contribution in [0, 0.1) is 0 Å². The van der Waals surface area contributed by atoms with Crippen LogP contribution in [-0.2, 0) is 13.0 Å². The molecule has 0 amide bonds. The fourth-order valence-electron chi connectivity index (χ4n) is 1.65. The van der Waals surface area contributed by atoms with Gasteiger partial charge in [-0.05, 0) is 41.8 Å². The smallest absolute Gasteiger partial charge is 0.128 e. The third-order valence-corrected chi connectivity index (χ3v) is 3.50. The maximum absolute atomic E-state index is 9.09. The minimum Gasteiger partial charge on any atom is -0.457 e. The lowest BCUT2D eigenvalue weighted by atomic mass is 10.2. The first kappa shape index (κ1) is 13.1. The maximum atomic E-state index is 9.09. The Morgan fingerprint density at radius 2 is 1.72 bits per heavy atom. The molecule has 2 aromatic rings. The summed E-state index contributed by atoms with van der Waals surface area (Å²) in [5.74, 6) is 1.57. The van der Waals surface area contributed by atoms with Gasteiger partial charge >= 0.3 is 0 Å². The van der Waals surface area contributed by atoms with E-state index in [0.717, 1.165) is 28.0 Å². The van der Waals surface area contributed by atoms with Crippen molar-refractivity contribution in [3.63, 3.8) is 0 Å². The first-order valence-corrected chi connectivity index (χ1v) is 6.68. The van der Waals surface area contributed by atoms with E-state index in [-0.39, 0.29) is 6.61 Å². The summed E-state index contributed by atoms with van der Waals surface area (Å²) in [7, 11) is 0. The lowest BCUT2D eigenvalue weighted by Gasteiger charge is -2.08. The molecule has 0 atom stereocenters. The topological polar surface area (TPSA) is 29.5 Å². The number of benzene rings is 2. The van der Waals surface area contributed by atoms with Crippen LogP contribution in [0.3, 0.4) is 0 Å². The molecule has 0 aromatic heterocycles. The summed E-state index contributed by atoms with van der Waals surface area (Å²) in [6.45, 7) is 2.15. The standard InChI is InChI=1S/C15H15BrO2/c1-2-11-3-6-13(7-4-11)18-14-8-5-12(10-17)15(16)9-14/h3-9,17H,2,10H2,1H3. The molecule has 0 heterocycles. The highest BCUT2D eigenvalue weighted by Crippen LogP contribution is 2.27. The number of rotatable bonds is 4. The van der Waals surface area contributed by atoms with Crippen molar-refractivity contribution in [2.75, 3.05) is 0 Å². The van der Waals surface area contributed by atoms with E-state index in [0.29, 0.717) is 0 Å². The van der Waals surface area contributed by atoms with Gasteiger partial charge in [0.25, 0.3) is 0 Å². The van der Waals surface area contributed by atoms with Gasteiger partial charge in [-0.2, -0.15) is 0 Å². The van der Waals surface area contributed by atoms with Gasteiger partial charge in [0.1, 0.15) is 11.5 Å². The van der Waals surface area contributed by atoms with Crippen molar-refractivity contribution in [3.8, 4) is 11.5 Å². The van der Waals surface area contributed by atoms with Crippen molar-refractivity contribution >= 4 is 15.9 Å². The highest BCUT2D eigenvalue weighted by Gasteiger charge is 2.02. The highest BCUT2D eigenvalue weighted by atomic mass is 79.9. The average molecular weight is 307 g/mol. The zero-order valence-electron chi connectivity index (χ0n) is 10.2. The molecule has 1 N–H and O–H groups in total. The molecule has 0 spiro atoms. The summed E-state index contributed by atoms with van der Waals surface area (Å²) in [4.78, 5) is 0. The van der Waals surface area contributed by atoms with E-state index >= 15 is 0 Å². The average Bonchev–Trinajstić information content (AvgIpc) is 2.40. The number of aliphatic hydroxyl groups excluding tert-OH is 1. The predicted molar refractivity (Wildman–Crippen MR) is 76.0 cm³/mol. The molecule has 0 unspecified atom stereocenters. The Morgan fingerprint density at radius 1 is 1.06 bits per heavy atom. The van der Waals surface area contributed by atoms with Crippen LogP contribution in [0.15, 0.2) is 46.9 Å². The molecule has 2 nitrogen and oxygen atoms in total. The third-order valence-electron chi connectivity index (χ3n) is 2.76. The first-order chi connectivity index (χ1) is 8.72. The Bertz CT molecular complexity index is 521. The van der Waals surface area contributed by atoms with Gasteiger partial charge in [0.2, 0.25) is 0 Å². The fraction of sp³-hybridized carbons (Fsp3) is 0.200. The monoisotopic (exact) mass is 306 g/mol. The van der Waals surface area contributed by atoms with E-state index in [1.165, 1.54) is 5.56 Å². The van der Waals surface area contributed by atoms with Gasteiger partial charge in [0, 0.05) is 4.47 Å². The molecule has 0 aliphatic carbocycles. The number of aliphatic hydroxyl groups is 1. The quantitative estimate of drug-likeness (QED) is 0.912. The van der Waals surface area contributed by atoms with Crippen LogP contribution in [0.25, 0.3) is 0 Å². The van der Waals surface area contributed by atoms with Gasteiger partial charge in [-0.25, -0.2) is 0 Å². The van der Waals surface area contributed by atoms with Crippen molar-refractivity contribution < 1.29 is 9.84 Å². The number of hydrogen-bond acceptors (Lipinski definition) is 2. The molecule has 0 aliphatic heterocycles. The van der Waals surface area contributed by atoms with Crippen molar-refractivity contribution in [1.82, 2.24) is 0 Å². The Morgan fingerprint density at radius 3 is 2.28 bits per heavy atom. The lowest BCUT2D eigenvalue weighted by molar-refractivity contribution is 0.281. The Balaban J connectivity index is 2.15. The molecular formula is C15H15BrO2. The Hall–Kier alpha value is -1.32. The molecular weight excluding hydrogens is 292 g/mol. The maximum Gasteiger partial charge on any atom is 0.128 e. The van der Waals surface area contributed by atoms with Crippen LogP contribution >= 0.6 is 15.9 Å². The van der Waals surface area contributed by atoms with Crippen molar-refractivity contribution in [2.45, 2.75) is 20.0 Å². The molecule has 0 fully saturated rings. The van der Waals surface area contributed by atoms with Crippen LogP contribution in [0.2, 0.25) is 0 Å². The molecule has 0 saturated heterocycles. The van der Waals surface area contributed by atoms with Gasteiger partial charge in [-0.15, -0.1) is 0 Å². The van der Waals surface area contributed by atoms with Crippen LogP contribution in [0.1, 0.15) is 18.1 Å². The number of hydrogen-bond donors (Lipinski definition) is 1. The van der Waals surface area contributed by atoms with E-state index in [1.54, 1.807) is 0 Å². The summed E-state index contributed by atoms with van der Waals surface area (Å²) in [6.07, 6.45) is 1.02. The second kappa shape index (κ2) is 6.03. The molecule has 2 rings (SSSR count). The fourth-order valence-corrected chi connectivity index (χ4v) is 2.13. The van der Waals surface area contributed by atoms with Crippen LogP contribution in [-0.4, -0.2) is 5.11 Å². The molecule has 0 bridgehead atoms. The lowest BCUT2D eigenvalue weighted by Crippen LogP contribution is -1.89. The number of ether oxygens (including phenoxy) is 1. The van der Waals surface area contributed by atoms with Gasteiger partial charge in [0.05, 0.1) is 6.61 Å². The van der Waals surface area contributed by atoms with E-state index in [4.69, 9.17) is 9.84 Å². The molecule has 94 valence electrons. The van der Waals surface area contributed by atoms with Crippen molar-refractivity contribution in [3.05, 3.63) is 58.1 Å². The minimum atomic E-state index is 0.0199. The van der Waals surface area contributed by atoms with Gasteiger partial charge < -0.3 is 9.84 Å². The first-order valence-electron chi connectivity index (χ1n) is 5.89. The molecule has 0 aliphatic rings. The summed E-state index contributed by atoms with van der Waals surface area (Å²) < 4.78 is 6.60. The zero-order chi connectivity index (χ0) is 13.0. The van der Waals surface area contributed by atoms with Crippen molar-refractivity contribution in [1.29, 1.82) is 0 Å². The van der Waals surface area contributed by atoms with Crippen LogP contribution in [0.5, 0.6) is 11.5 Å². The van der Waals surface area contributed by atoms with E-state index < -0.39 is 0 Å². The molecule has 0 radical (unpaired) electrons. The van der Waals surface area contributed by atoms with Crippen LogP contribution in [0.4, 0.5) is 0 Å². The highest BCUT2D eigenvalue weighted by molar-refractivity contribution is 9.10. The Kier molecular flexibility index (Phi) is 4.39. The number of aryl methyl sites for hydroxylation is 1. The molecule has 0 saturated carbocycles. The number of halogens is 1.